The first-order valence-corrected chi connectivity index (χ1v) is 8.20. The molecule has 1 unspecified atom stereocenters. The summed E-state index contributed by atoms with van der Waals surface area (Å²) >= 11 is 0. The Morgan fingerprint density at radius 1 is 1.32 bits per heavy atom. The van der Waals surface area contributed by atoms with Crippen molar-refractivity contribution in [3.63, 3.8) is 0 Å². The van der Waals surface area contributed by atoms with Gasteiger partial charge in [-0.05, 0) is 43.0 Å². The molecular formula is C19H20N2O4. The minimum absolute atomic E-state index is 0.285. The zero-order chi connectivity index (χ0) is 17.8. The molecule has 130 valence electrons. The van der Waals surface area contributed by atoms with E-state index in [0.29, 0.717) is 11.3 Å². The third-order valence-electron chi connectivity index (χ3n) is 4.56. The molecule has 0 aromatic carbocycles. The van der Waals surface area contributed by atoms with Crippen molar-refractivity contribution in [2.24, 2.45) is 0 Å². The second kappa shape index (κ2) is 7.47. The van der Waals surface area contributed by atoms with Crippen molar-refractivity contribution in [3.8, 4) is 0 Å². The van der Waals surface area contributed by atoms with E-state index < -0.39 is 12.1 Å². The fourth-order valence-electron chi connectivity index (χ4n) is 3.34. The monoisotopic (exact) mass is 340 g/mol. The molecule has 0 spiro atoms. The molecule has 0 fully saturated rings. The van der Waals surface area contributed by atoms with Crippen LogP contribution in [0.4, 0.5) is 5.69 Å². The Hall–Kier alpha value is -2.69. The van der Waals surface area contributed by atoms with Crippen molar-refractivity contribution in [1.82, 2.24) is 4.98 Å². The van der Waals surface area contributed by atoms with Crippen molar-refractivity contribution >= 4 is 17.6 Å². The van der Waals surface area contributed by atoms with Gasteiger partial charge in [0.2, 0.25) is 0 Å². The zero-order valence-electron chi connectivity index (χ0n) is 14.3. The largest absolute Gasteiger partial charge is 0.466 e. The fraction of sp³-hybridized carbons (Fsp3) is 0.368. The van der Waals surface area contributed by atoms with Crippen LogP contribution in [-0.4, -0.2) is 43.8 Å². The van der Waals surface area contributed by atoms with E-state index >= 15 is 0 Å². The van der Waals surface area contributed by atoms with Gasteiger partial charge in [-0.2, -0.15) is 0 Å². The van der Waals surface area contributed by atoms with E-state index in [-0.39, 0.29) is 5.57 Å². The molecule has 0 saturated heterocycles. The molecule has 0 amide bonds. The number of carbonyl (C=O) groups excluding carboxylic acids is 2. The van der Waals surface area contributed by atoms with Gasteiger partial charge < -0.3 is 14.4 Å². The maximum atomic E-state index is 12.0. The SMILES string of the molecule is COC(=O)C1=CC=C(N2CCCCc3ccncc32)C(=C=O)C1OC. The van der Waals surface area contributed by atoms with Gasteiger partial charge >= 0.3 is 5.97 Å². The smallest absolute Gasteiger partial charge is 0.336 e. The number of ether oxygens (including phenoxy) is 2. The third-order valence-corrected chi connectivity index (χ3v) is 4.56. The number of hydrogen-bond acceptors (Lipinski definition) is 6. The molecule has 0 radical (unpaired) electrons. The van der Waals surface area contributed by atoms with Gasteiger partial charge in [0.15, 0.2) is 0 Å². The fourth-order valence-corrected chi connectivity index (χ4v) is 3.34. The minimum Gasteiger partial charge on any atom is -0.466 e. The molecule has 1 aliphatic carbocycles. The first-order chi connectivity index (χ1) is 12.2. The van der Waals surface area contributed by atoms with Gasteiger partial charge in [-0.3, -0.25) is 4.98 Å². The van der Waals surface area contributed by atoms with E-state index in [9.17, 15) is 9.59 Å². The average molecular weight is 340 g/mol. The first-order valence-electron chi connectivity index (χ1n) is 8.20. The molecule has 0 bridgehead atoms. The number of pyridine rings is 1. The van der Waals surface area contributed by atoms with Crippen LogP contribution in [-0.2, 0) is 25.5 Å². The van der Waals surface area contributed by atoms with Crippen LogP contribution in [0, 0.1) is 0 Å². The van der Waals surface area contributed by atoms with Gasteiger partial charge in [-0.1, -0.05) is 0 Å². The summed E-state index contributed by atoms with van der Waals surface area (Å²) in [6, 6.07) is 2.00. The van der Waals surface area contributed by atoms with E-state index in [4.69, 9.17) is 9.47 Å². The summed E-state index contributed by atoms with van der Waals surface area (Å²) in [4.78, 5) is 30.0. The highest BCUT2D eigenvalue weighted by Gasteiger charge is 2.34. The number of aryl methyl sites for hydroxylation is 1. The predicted octanol–water partition coefficient (Wildman–Crippen LogP) is 1.99. The van der Waals surface area contributed by atoms with E-state index in [1.54, 1.807) is 18.3 Å². The lowest BCUT2D eigenvalue weighted by atomic mass is 9.93. The van der Waals surface area contributed by atoms with E-state index in [1.165, 1.54) is 19.8 Å². The highest BCUT2D eigenvalue weighted by atomic mass is 16.5. The molecule has 1 aromatic heterocycles. The van der Waals surface area contributed by atoms with Gasteiger partial charge in [0.25, 0.3) is 0 Å². The Kier molecular flexibility index (Phi) is 5.12. The molecular weight excluding hydrogens is 320 g/mol. The molecule has 2 aliphatic rings. The van der Waals surface area contributed by atoms with Crippen LogP contribution in [0.5, 0.6) is 0 Å². The lowest BCUT2D eigenvalue weighted by Gasteiger charge is -2.32. The Labute approximate surface area is 146 Å². The molecule has 1 atom stereocenters. The molecule has 6 nitrogen and oxygen atoms in total. The normalized spacial score (nSPS) is 20.0. The van der Waals surface area contributed by atoms with Crippen molar-refractivity contribution < 1.29 is 19.1 Å². The van der Waals surface area contributed by atoms with Gasteiger partial charge in [0, 0.05) is 19.9 Å². The van der Waals surface area contributed by atoms with E-state index in [2.05, 4.69) is 9.88 Å². The number of nitrogens with zero attached hydrogens (tertiary/aromatic N) is 2. The Balaban J connectivity index is 2.09. The van der Waals surface area contributed by atoms with Crippen LogP contribution < -0.4 is 4.90 Å². The van der Waals surface area contributed by atoms with Gasteiger partial charge in [-0.25, -0.2) is 9.59 Å². The molecule has 2 heterocycles. The second-order valence-electron chi connectivity index (χ2n) is 5.91. The number of rotatable bonds is 3. The van der Waals surface area contributed by atoms with Gasteiger partial charge in [0.05, 0.1) is 35.8 Å². The van der Waals surface area contributed by atoms with Crippen LogP contribution in [0.1, 0.15) is 18.4 Å². The number of methoxy groups -OCH3 is 2. The van der Waals surface area contributed by atoms with Crippen molar-refractivity contribution in [2.45, 2.75) is 25.4 Å². The molecule has 3 rings (SSSR count). The summed E-state index contributed by atoms with van der Waals surface area (Å²) in [5, 5.41) is 0. The van der Waals surface area contributed by atoms with Crippen molar-refractivity contribution in [1.29, 1.82) is 0 Å². The van der Waals surface area contributed by atoms with Crippen molar-refractivity contribution in [2.75, 3.05) is 25.7 Å². The average Bonchev–Trinajstić information content (AvgIpc) is 2.88. The molecule has 1 aliphatic heterocycles. The van der Waals surface area contributed by atoms with Crippen LogP contribution in [0.3, 0.4) is 0 Å². The molecule has 1 aromatic rings. The lowest BCUT2D eigenvalue weighted by molar-refractivity contribution is -0.137. The summed E-state index contributed by atoms with van der Waals surface area (Å²) in [6.07, 6.45) is 9.22. The zero-order valence-corrected chi connectivity index (χ0v) is 14.3. The summed E-state index contributed by atoms with van der Waals surface area (Å²) < 4.78 is 10.2. The summed E-state index contributed by atoms with van der Waals surface area (Å²) in [5.74, 6) is 1.45. The number of allylic oxidation sites excluding steroid dienone is 2. The number of anilines is 1. The third kappa shape index (κ3) is 3.14. The van der Waals surface area contributed by atoms with Crippen molar-refractivity contribution in [3.05, 3.63) is 53.0 Å². The van der Waals surface area contributed by atoms with E-state index in [0.717, 1.165) is 31.5 Å². The summed E-state index contributed by atoms with van der Waals surface area (Å²) in [5.41, 5.74) is 3.43. The number of esters is 1. The lowest BCUT2D eigenvalue weighted by Crippen LogP contribution is -2.34. The molecule has 6 heteroatoms. The number of carbonyl (C=O) groups is 1. The highest BCUT2D eigenvalue weighted by Crippen LogP contribution is 2.35. The minimum atomic E-state index is -0.798. The topological polar surface area (TPSA) is 68.7 Å². The van der Waals surface area contributed by atoms with Crippen LogP contribution in [0.15, 0.2) is 47.5 Å². The quantitative estimate of drug-likeness (QED) is 0.619. The number of fused-ring (bicyclic) bond motifs is 1. The maximum absolute atomic E-state index is 12.0. The summed E-state index contributed by atoms with van der Waals surface area (Å²) in [7, 11) is 2.76. The Morgan fingerprint density at radius 2 is 2.16 bits per heavy atom. The standard InChI is InChI=1S/C19H20N2O4/c1-24-18-14(19(23)25-2)6-7-16(15(18)12-22)21-10-4-3-5-13-8-9-20-11-17(13)21/h6-9,11,18H,3-5,10H2,1-2H3. The second-order valence-corrected chi connectivity index (χ2v) is 5.91. The summed E-state index contributed by atoms with van der Waals surface area (Å²) in [6.45, 7) is 0.757. The molecule has 0 saturated carbocycles. The van der Waals surface area contributed by atoms with Crippen LogP contribution >= 0.6 is 0 Å². The predicted molar refractivity (Wildman–Crippen MR) is 92.7 cm³/mol. The Morgan fingerprint density at radius 3 is 2.88 bits per heavy atom. The van der Waals surface area contributed by atoms with Crippen LogP contribution in [0.25, 0.3) is 0 Å². The molecule has 25 heavy (non-hydrogen) atoms. The van der Waals surface area contributed by atoms with Crippen LogP contribution in [0.2, 0.25) is 0 Å². The first kappa shape index (κ1) is 17.1. The molecule has 0 N–H and O–H groups in total. The number of hydrogen-bond donors (Lipinski definition) is 0. The van der Waals surface area contributed by atoms with Gasteiger partial charge in [0.1, 0.15) is 12.0 Å². The maximum Gasteiger partial charge on any atom is 0.336 e. The highest BCUT2D eigenvalue weighted by molar-refractivity contribution is 5.93. The van der Waals surface area contributed by atoms with E-state index in [1.807, 2.05) is 18.2 Å². The Bertz CT molecular complexity index is 790. The van der Waals surface area contributed by atoms with Gasteiger partial charge in [-0.15, -0.1) is 0 Å². The number of aromatic nitrogens is 1.